The van der Waals surface area contributed by atoms with E-state index in [-0.39, 0.29) is 17.7 Å². The third-order valence-corrected chi connectivity index (χ3v) is 5.88. The SMILES string of the molecule is C[C@@H](CS(=O)(=O)N(C)[C@@H](C)c1ccco1)c1ccccc1. The van der Waals surface area contributed by atoms with E-state index in [1.54, 1.807) is 25.4 Å². The second-order valence-corrected chi connectivity index (χ2v) is 7.37. The van der Waals surface area contributed by atoms with E-state index in [4.69, 9.17) is 4.42 Å². The van der Waals surface area contributed by atoms with E-state index in [0.717, 1.165) is 5.56 Å². The summed E-state index contributed by atoms with van der Waals surface area (Å²) in [7, 11) is -1.76. The molecule has 0 bridgehead atoms. The Bertz CT molecular complexity index is 650. The van der Waals surface area contributed by atoms with Crippen molar-refractivity contribution in [1.82, 2.24) is 4.31 Å². The van der Waals surface area contributed by atoms with Gasteiger partial charge in [-0.15, -0.1) is 0 Å². The number of furan rings is 1. The van der Waals surface area contributed by atoms with Crippen LogP contribution in [0.25, 0.3) is 0 Å². The Morgan fingerprint density at radius 2 is 1.76 bits per heavy atom. The molecule has 0 aliphatic heterocycles. The Labute approximate surface area is 126 Å². The molecule has 1 aromatic heterocycles. The quantitative estimate of drug-likeness (QED) is 0.822. The van der Waals surface area contributed by atoms with Crippen LogP contribution in [-0.4, -0.2) is 25.5 Å². The first-order valence-electron chi connectivity index (χ1n) is 6.96. The highest BCUT2D eigenvalue weighted by atomic mass is 32.2. The molecule has 2 atom stereocenters. The van der Waals surface area contributed by atoms with Crippen molar-refractivity contribution in [2.75, 3.05) is 12.8 Å². The molecule has 1 aromatic carbocycles. The second kappa shape index (κ2) is 6.45. The van der Waals surface area contributed by atoms with Crippen LogP contribution in [0.2, 0.25) is 0 Å². The minimum Gasteiger partial charge on any atom is -0.468 e. The van der Waals surface area contributed by atoms with Crippen molar-refractivity contribution < 1.29 is 12.8 Å². The summed E-state index contributed by atoms with van der Waals surface area (Å²) in [5.74, 6) is 0.675. The fraction of sp³-hybridized carbons (Fsp3) is 0.375. The summed E-state index contributed by atoms with van der Waals surface area (Å²) in [4.78, 5) is 0. The van der Waals surface area contributed by atoms with Crippen molar-refractivity contribution >= 4 is 10.0 Å². The molecule has 0 unspecified atom stereocenters. The topological polar surface area (TPSA) is 50.5 Å². The van der Waals surface area contributed by atoms with Gasteiger partial charge in [0.15, 0.2) is 0 Å². The Morgan fingerprint density at radius 3 is 2.33 bits per heavy atom. The van der Waals surface area contributed by atoms with Crippen LogP contribution in [0.1, 0.15) is 37.1 Å². The molecule has 0 saturated carbocycles. The van der Waals surface area contributed by atoms with Crippen LogP contribution in [0.5, 0.6) is 0 Å². The minimum absolute atomic E-state index is 0.0533. The number of hydrogen-bond acceptors (Lipinski definition) is 3. The maximum absolute atomic E-state index is 12.5. The van der Waals surface area contributed by atoms with Crippen LogP contribution in [0.15, 0.2) is 53.1 Å². The van der Waals surface area contributed by atoms with Crippen molar-refractivity contribution in [2.24, 2.45) is 0 Å². The van der Waals surface area contributed by atoms with Crippen molar-refractivity contribution in [3.8, 4) is 0 Å². The van der Waals surface area contributed by atoms with Crippen LogP contribution in [0.3, 0.4) is 0 Å². The molecule has 0 N–H and O–H groups in total. The summed E-state index contributed by atoms with van der Waals surface area (Å²) >= 11 is 0. The normalized spacial score (nSPS) is 15.0. The zero-order chi connectivity index (χ0) is 15.5. The van der Waals surface area contributed by atoms with E-state index in [2.05, 4.69) is 0 Å². The first-order valence-corrected chi connectivity index (χ1v) is 8.57. The summed E-state index contributed by atoms with van der Waals surface area (Å²) in [6.07, 6.45) is 1.55. The lowest BCUT2D eigenvalue weighted by Gasteiger charge is -2.24. The molecule has 114 valence electrons. The molecule has 2 aromatic rings. The summed E-state index contributed by atoms with van der Waals surface area (Å²) < 4.78 is 31.7. The van der Waals surface area contributed by atoms with Gasteiger partial charge in [0.05, 0.1) is 18.1 Å². The lowest BCUT2D eigenvalue weighted by molar-refractivity contribution is 0.339. The Kier molecular flexibility index (Phi) is 4.85. The average molecular weight is 307 g/mol. The van der Waals surface area contributed by atoms with Gasteiger partial charge in [-0.1, -0.05) is 37.3 Å². The largest absolute Gasteiger partial charge is 0.468 e. The van der Waals surface area contributed by atoms with E-state index < -0.39 is 10.0 Å². The third kappa shape index (κ3) is 3.74. The third-order valence-electron chi connectivity index (χ3n) is 3.77. The lowest BCUT2D eigenvalue weighted by atomic mass is 10.0. The number of sulfonamides is 1. The van der Waals surface area contributed by atoms with Crippen LogP contribution >= 0.6 is 0 Å². The van der Waals surface area contributed by atoms with Gasteiger partial charge in [-0.05, 0) is 30.5 Å². The average Bonchev–Trinajstić information content (AvgIpc) is 3.00. The molecule has 5 heteroatoms. The minimum atomic E-state index is -3.36. The lowest BCUT2D eigenvalue weighted by Crippen LogP contribution is -2.33. The predicted molar refractivity (Wildman–Crippen MR) is 83.5 cm³/mol. The fourth-order valence-electron chi connectivity index (χ4n) is 2.26. The van der Waals surface area contributed by atoms with E-state index in [1.165, 1.54) is 4.31 Å². The molecule has 4 nitrogen and oxygen atoms in total. The summed E-state index contributed by atoms with van der Waals surface area (Å²) in [5.41, 5.74) is 1.03. The monoisotopic (exact) mass is 307 g/mol. The summed E-state index contributed by atoms with van der Waals surface area (Å²) in [5, 5.41) is 0. The Balaban J connectivity index is 2.11. The second-order valence-electron chi connectivity index (χ2n) is 5.30. The van der Waals surface area contributed by atoms with Crippen molar-refractivity contribution in [3.05, 3.63) is 60.1 Å². The number of benzene rings is 1. The summed E-state index contributed by atoms with van der Waals surface area (Å²) in [6.45, 7) is 3.75. The van der Waals surface area contributed by atoms with E-state index in [0.29, 0.717) is 5.76 Å². The number of rotatable bonds is 6. The number of hydrogen-bond donors (Lipinski definition) is 0. The molecular weight excluding hydrogens is 286 g/mol. The van der Waals surface area contributed by atoms with Crippen molar-refractivity contribution in [1.29, 1.82) is 0 Å². The fourth-order valence-corrected chi connectivity index (χ4v) is 3.91. The highest BCUT2D eigenvalue weighted by Gasteiger charge is 2.27. The van der Waals surface area contributed by atoms with Gasteiger partial charge in [0.25, 0.3) is 0 Å². The molecule has 2 rings (SSSR count). The molecule has 0 spiro atoms. The molecule has 0 amide bonds. The maximum Gasteiger partial charge on any atom is 0.215 e. The van der Waals surface area contributed by atoms with Crippen LogP contribution in [0.4, 0.5) is 0 Å². The molecule has 0 saturated heterocycles. The molecule has 0 aliphatic carbocycles. The number of nitrogens with zero attached hydrogens (tertiary/aromatic N) is 1. The summed E-state index contributed by atoms with van der Waals surface area (Å²) in [6, 6.07) is 12.9. The Morgan fingerprint density at radius 1 is 1.10 bits per heavy atom. The van der Waals surface area contributed by atoms with Crippen molar-refractivity contribution in [3.63, 3.8) is 0 Å². The van der Waals surface area contributed by atoms with Gasteiger partial charge in [0, 0.05) is 7.05 Å². The van der Waals surface area contributed by atoms with Gasteiger partial charge in [0.1, 0.15) is 5.76 Å². The predicted octanol–water partition coefficient (Wildman–Crippen LogP) is 3.41. The van der Waals surface area contributed by atoms with Crippen LogP contribution in [0, 0.1) is 0 Å². The van der Waals surface area contributed by atoms with E-state index in [9.17, 15) is 8.42 Å². The molecule has 21 heavy (non-hydrogen) atoms. The van der Waals surface area contributed by atoms with Gasteiger partial charge < -0.3 is 4.42 Å². The highest BCUT2D eigenvalue weighted by molar-refractivity contribution is 7.89. The zero-order valence-electron chi connectivity index (χ0n) is 12.6. The molecular formula is C16H21NO3S. The first-order chi connectivity index (χ1) is 9.92. The van der Waals surface area contributed by atoms with Crippen molar-refractivity contribution in [2.45, 2.75) is 25.8 Å². The van der Waals surface area contributed by atoms with Gasteiger partial charge >= 0.3 is 0 Å². The van der Waals surface area contributed by atoms with Gasteiger partial charge in [-0.3, -0.25) is 0 Å². The van der Waals surface area contributed by atoms with Gasteiger partial charge in [-0.25, -0.2) is 8.42 Å². The molecule has 0 radical (unpaired) electrons. The first kappa shape index (κ1) is 15.8. The standard InChI is InChI=1S/C16H21NO3S/c1-13(15-8-5-4-6-9-15)12-21(18,19)17(3)14(2)16-10-7-11-20-16/h4-11,13-14H,12H2,1-3H3/t13-,14-/m0/s1. The molecule has 0 fully saturated rings. The zero-order valence-corrected chi connectivity index (χ0v) is 13.4. The van der Waals surface area contributed by atoms with Crippen LogP contribution in [-0.2, 0) is 10.0 Å². The maximum atomic E-state index is 12.5. The molecule has 0 aliphatic rings. The van der Waals surface area contributed by atoms with Gasteiger partial charge in [0.2, 0.25) is 10.0 Å². The van der Waals surface area contributed by atoms with E-state index >= 15 is 0 Å². The Hall–Kier alpha value is -1.59. The molecule has 1 heterocycles. The van der Waals surface area contributed by atoms with E-state index in [1.807, 2.05) is 44.2 Å². The van der Waals surface area contributed by atoms with Gasteiger partial charge in [-0.2, -0.15) is 4.31 Å². The van der Waals surface area contributed by atoms with Crippen LogP contribution < -0.4 is 0 Å². The smallest absolute Gasteiger partial charge is 0.215 e. The highest BCUT2D eigenvalue weighted by Crippen LogP contribution is 2.25.